The second-order valence-corrected chi connectivity index (χ2v) is 7.59. The van der Waals surface area contributed by atoms with Crippen LogP contribution in [0.15, 0.2) is 77.7 Å². The number of hydrogen-bond donors (Lipinski definition) is 2. The van der Waals surface area contributed by atoms with Crippen LogP contribution in [0.1, 0.15) is 15.9 Å². The number of aryl methyl sites for hydroxylation is 1. The molecular weight excluding hydrogens is 367 g/mol. The van der Waals surface area contributed by atoms with Gasteiger partial charge < -0.3 is 0 Å². The summed E-state index contributed by atoms with van der Waals surface area (Å²) in [7, 11) is -3.97. The summed E-state index contributed by atoms with van der Waals surface area (Å²) in [5.41, 5.74) is 3.42. The fraction of sp³-hybridized carbons (Fsp3) is 0.0500. The van der Waals surface area contributed by atoms with E-state index < -0.39 is 21.7 Å². The number of sulfonamides is 1. The predicted octanol–water partition coefficient (Wildman–Crippen LogP) is 3.42. The van der Waals surface area contributed by atoms with E-state index in [2.05, 4.69) is 5.43 Å². The van der Waals surface area contributed by atoms with Gasteiger partial charge in [0.15, 0.2) is 0 Å². The topological polar surface area (TPSA) is 75.3 Å². The van der Waals surface area contributed by atoms with E-state index in [1.165, 1.54) is 24.3 Å². The van der Waals surface area contributed by atoms with Gasteiger partial charge in [0.1, 0.15) is 5.82 Å². The zero-order valence-corrected chi connectivity index (χ0v) is 15.3. The average molecular weight is 384 g/mol. The molecule has 0 fully saturated rings. The minimum Gasteiger partial charge on any atom is -0.273 e. The van der Waals surface area contributed by atoms with Crippen LogP contribution in [0.3, 0.4) is 0 Å². The average Bonchev–Trinajstić information content (AvgIpc) is 2.67. The van der Waals surface area contributed by atoms with Gasteiger partial charge in [-0.1, -0.05) is 54.6 Å². The molecule has 3 rings (SSSR count). The minimum absolute atomic E-state index is 0.00121. The summed E-state index contributed by atoms with van der Waals surface area (Å²) in [6.45, 7) is 1.75. The molecule has 1 amide bonds. The molecule has 5 nitrogen and oxygen atoms in total. The van der Waals surface area contributed by atoms with E-state index in [4.69, 9.17) is 0 Å². The smallest absolute Gasteiger partial charge is 0.269 e. The molecule has 0 radical (unpaired) electrons. The van der Waals surface area contributed by atoms with Crippen LogP contribution in [0.4, 0.5) is 4.39 Å². The first kappa shape index (κ1) is 18.8. The fourth-order valence-electron chi connectivity index (χ4n) is 2.57. The van der Waals surface area contributed by atoms with Gasteiger partial charge in [-0.3, -0.25) is 10.2 Å². The molecule has 0 spiro atoms. The first-order chi connectivity index (χ1) is 12.9. The monoisotopic (exact) mass is 384 g/mol. The highest BCUT2D eigenvalue weighted by molar-refractivity contribution is 7.89. The lowest BCUT2D eigenvalue weighted by atomic mass is 10.0. The summed E-state index contributed by atoms with van der Waals surface area (Å²) in [4.78, 5) is 14.3. The van der Waals surface area contributed by atoms with Gasteiger partial charge >= 0.3 is 0 Å². The van der Waals surface area contributed by atoms with Gasteiger partial charge in [0.05, 0.1) is 10.5 Å². The van der Waals surface area contributed by atoms with Crippen molar-refractivity contribution in [3.63, 3.8) is 0 Å². The molecule has 0 aliphatic rings. The van der Waals surface area contributed by atoms with Gasteiger partial charge in [-0.2, -0.15) is 0 Å². The predicted molar refractivity (Wildman–Crippen MR) is 101 cm³/mol. The molecule has 3 aromatic rings. The van der Waals surface area contributed by atoms with Crippen LogP contribution < -0.4 is 10.3 Å². The van der Waals surface area contributed by atoms with Crippen molar-refractivity contribution in [2.24, 2.45) is 0 Å². The Morgan fingerprint density at radius 1 is 0.926 bits per heavy atom. The van der Waals surface area contributed by atoms with E-state index in [1.807, 2.05) is 4.83 Å². The van der Waals surface area contributed by atoms with E-state index >= 15 is 0 Å². The van der Waals surface area contributed by atoms with Crippen LogP contribution in [-0.2, 0) is 10.0 Å². The second-order valence-electron chi connectivity index (χ2n) is 5.91. The summed E-state index contributed by atoms with van der Waals surface area (Å²) < 4.78 is 39.3. The van der Waals surface area contributed by atoms with Crippen molar-refractivity contribution in [3.05, 3.63) is 89.7 Å². The summed E-state index contributed by atoms with van der Waals surface area (Å²) in [5, 5.41) is 0. The molecular formula is C20H17FN2O3S. The number of benzene rings is 3. The van der Waals surface area contributed by atoms with Gasteiger partial charge in [-0.05, 0) is 36.2 Å². The Labute approximate surface area is 156 Å². The fourth-order valence-corrected chi connectivity index (χ4v) is 3.51. The number of rotatable bonds is 5. The lowest BCUT2D eigenvalue weighted by Crippen LogP contribution is -2.41. The highest BCUT2D eigenvalue weighted by atomic mass is 32.2. The van der Waals surface area contributed by atoms with Crippen molar-refractivity contribution in [3.8, 4) is 11.1 Å². The van der Waals surface area contributed by atoms with Crippen molar-refractivity contribution in [2.75, 3.05) is 0 Å². The molecule has 0 saturated heterocycles. The number of carbonyl (C=O) groups excluding carboxylic acids is 1. The van der Waals surface area contributed by atoms with Gasteiger partial charge in [-0.15, -0.1) is 4.83 Å². The number of hydrazine groups is 1. The van der Waals surface area contributed by atoms with Crippen molar-refractivity contribution in [1.82, 2.24) is 10.3 Å². The van der Waals surface area contributed by atoms with Crippen molar-refractivity contribution < 1.29 is 17.6 Å². The third-order valence-electron chi connectivity index (χ3n) is 3.93. The molecule has 3 aromatic carbocycles. The van der Waals surface area contributed by atoms with E-state index in [0.29, 0.717) is 5.56 Å². The number of amides is 1. The summed E-state index contributed by atoms with van der Waals surface area (Å²) >= 11 is 0. The van der Waals surface area contributed by atoms with Crippen molar-refractivity contribution >= 4 is 15.9 Å². The van der Waals surface area contributed by atoms with Gasteiger partial charge in [0.2, 0.25) is 0 Å². The Morgan fingerprint density at radius 2 is 1.63 bits per heavy atom. The Morgan fingerprint density at radius 3 is 2.33 bits per heavy atom. The second kappa shape index (κ2) is 7.69. The molecule has 0 aromatic heterocycles. The third-order valence-corrected chi connectivity index (χ3v) is 5.17. The Balaban J connectivity index is 1.81. The molecule has 0 atom stereocenters. The number of carbonyl (C=O) groups is 1. The standard InChI is InChI=1S/C20H17FN2O3S/c1-14-7-5-10-16(13-14)27(25,26)23-22-20(24)18-12-6-11-17(19(18)21)15-8-3-2-4-9-15/h2-13,23H,1H3,(H,22,24). The normalized spacial score (nSPS) is 11.2. The van der Waals surface area contributed by atoms with Crippen LogP contribution in [0, 0.1) is 12.7 Å². The maximum atomic E-state index is 14.8. The quantitative estimate of drug-likeness (QED) is 0.662. The number of hydrogen-bond acceptors (Lipinski definition) is 3. The zero-order valence-electron chi connectivity index (χ0n) is 14.4. The van der Waals surface area contributed by atoms with Crippen LogP contribution in [0.2, 0.25) is 0 Å². The Hall–Kier alpha value is -3.03. The first-order valence-electron chi connectivity index (χ1n) is 8.11. The molecule has 0 aliphatic heterocycles. The SMILES string of the molecule is Cc1cccc(S(=O)(=O)NNC(=O)c2cccc(-c3ccccc3)c2F)c1. The van der Waals surface area contributed by atoms with Crippen LogP contribution in [0.5, 0.6) is 0 Å². The molecule has 0 saturated carbocycles. The van der Waals surface area contributed by atoms with Crippen LogP contribution in [-0.4, -0.2) is 14.3 Å². The van der Waals surface area contributed by atoms with Crippen molar-refractivity contribution in [2.45, 2.75) is 11.8 Å². The third kappa shape index (κ3) is 4.21. The highest BCUT2D eigenvalue weighted by Gasteiger charge is 2.19. The van der Waals surface area contributed by atoms with E-state index in [0.717, 1.165) is 5.56 Å². The number of nitrogens with one attached hydrogen (secondary N) is 2. The van der Waals surface area contributed by atoms with Crippen molar-refractivity contribution in [1.29, 1.82) is 0 Å². The molecule has 7 heteroatoms. The molecule has 2 N–H and O–H groups in total. The molecule has 27 heavy (non-hydrogen) atoms. The largest absolute Gasteiger partial charge is 0.273 e. The molecule has 0 aliphatic carbocycles. The molecule has 0 heterocycles. The lowest BCUT2D eigenvalue weighted by Gasteiger charge is -2.11. The van der Waals surface area contributed by atoms with Gasteiger partial charge in [0, 0.05) is 5.56 Å². The van der Waals surface area contributed by atoms with Gasteiger partial charge in [-0.25, -0.2) is 12.8 Å². The zero-order chi connectivity index (χ0) is 19.4. The molecule has 0 unspecified atom stereocenters. The number of halogens is 1. The van der Waals surface area contributed by atoms with E-state index in [-0.39, 0.29) is 16.0 Å². The Kier molecular flexibility index (Phi) is 5.34. The first-order valence-corrected chi connectivity index (χ1v) is 9.59. The summed E-state index contributed by atoms with van der Waals surface area (Å²) in [6.07, 6.45) is 0. The van der Waals surface area contributed by atoms with Crippen LogP contribution >= 0.6 is 0 Å². The minimum atomic E-state index is -3.97. The van der Waals surface area contributed by atoms with Crippen LogP contribution in [0.25, 0.3) is 11.1 Å². The van der Waals surface area contributed by atoms with Gasteiger partial charge in [0.25, 0.3) is 15.9 Å². The maximum Gasteiger partial charge on any atom is 0.269 e. The molecule has 138 valence electrons. The molecule has 0 bridgehead atoms. The highest BCUT2D eigenvalue weighted by Crippen LogP contribution is 2.24. The van der Waals surface area contributed by atoms with E-state index in [9.17, 15) is 17.6 Å². The maximum absolute atomic E-state index is 14.8. The summed E-state index contributed by atoms with van der Waals surface area (Å²) in [5.74, 6) is -1.61. The summed E-state index contributed by atoms with van der Waals surface area (Å²) in [6, 6.07) is 19.4. The lowest BCUT2D eigenvalue weighted by molar-refractivity contribution is 0.0941. The van der Waals surface area contributed by atoms with E-state index in [1.54, 1.807) is 55.5 Å². The Bertz CT molecular complexity index is 1080.